The Labute approximate surface area is 118 Å². The number of aromatic carboxylic acids is 1. The van der Waals surface area contributed by atoms with Gasteiger partial charge >= 0.3 is 12.0 Å². The predicted molar refractivity (Wildman–Crippen MR) is 76.2 cm³/mol. The lowest BCUT2D eigenvalue weighted by Gasteiger charge is -2.15. The maximum absolute atomic E-state index is 11.8. The van der Waals surface area contributed by atoms with Gasteiger partial charge in [0.2, 0.25) is 0 Å². The summed E-state index contributed by atoms with van der Waals surface area (Å²) in [7, 11) is 0. The first-order valence-electron chi connectivity index (χ1n) is 6.43. The zero-order valence-electron chi connectivity index (χ0n) is 11.9. The fourth-order valence-electron chi connectivity index (χ4n) is 1.66. The zero-order chi connectivity index (χ0) is 15.1. The molecule has 0 bridgehead atoms. The number of amides is 2. The quantitative estimate of drug-likeness (QED) is 0.745. The molecule has 6 heteroatoms. The van der Waals surface area contributed by atoms with Crippen LogP contribution < -0.4 is 10.6 Å². The van der Waals surface area contributed by atoms with Crippen molar-refractivity contribution >= 4 is 17.7 Å². The first-order chi connectivity index (χ1) is 9.43. The van der Waals surface area contributed by atoms with E-state index in [1.54, 1.807) is 19.1 Å². The summed E-state index contributed by atoms with van der Waals surface area (Å²) < 4.78 is 5.19. The van der Waals surface area contributed by atoms with Crippen molar-refractivity contribution < 1.29 is 19.4 Å². The number of hydrogen-bond donors (Lipinski definition) is 3. The highest BCUT2D eigenvalue weighted by Gasteiger charge is 2.13. The van der Waals surface area contributed by atoms with Gasteiger partial charge < -0.3 is 20.5 Å². The van der Waals surface area contributed by atoms with Gasteiger partial charge in [-0.3, -0.25) is 0 Å². The van der Waals surface area contributed by atoms with Crippen molar-refractivity contribution in [2.75, 3.05) is 18.5 Å². The average Bonchev–Trinajstić information content (AvgIpc) is 2.38. The van der Waals surface area contributed by atoms with Crippen LogP contribution in [0.4, 0.5) is 10.5 Å². The number of rotatable bonds is 6. The average molecular weight is 280 g/mol. The third-order valence-electron chi connectivity index (χ3n) is 2.60. The lowest BCUT2D eigenvalue weighted by atomic mass is 10.1. The molecule has 110 valence electrons. The molecule has 0 saturated carbocycles. The molecular weight excluding hydrogens is 260 g/mol. The molecule has 6 nitrogen and oxygen atoms in total. The lowest BCUT2D eigenvalue weighted by molar-refractivity contribution is 0.0698. The van der Waals surface area contributed by atoms with Crippen LogP contribution in [0.3, 0.4) is 0 Å². The van der Waals surface area contributed by atoms with Crippen LogP contribution in [-0.2, 0) is 4.74 Å². The zero-order valence-corrected chi connectivity index (χ0v) is 11.9. The minimum atomic E-state index is -1.08. The minimum Gasteiger partial charge on any atom is -0.478 e. The maximum Gasteiger partial charge on any atom is 0.337 e. The van der Waals surface area contributed by atoms with Crippen molar-refractivity contribution in [2.45, 2.75) is 26.8 Å². The monoisotopic (exact) mass is 280 g/mol. The van der Waals surface area contributed by atoms with Crippen molar-refractivity contribution in [1.82, 2.24) is 5.32 Å². The normalized spacial score (nSPS) is 11.8. The molecule has 3 N–H and O–H groups in total. The molecule has 0 heterocycles. The number of ether oxygens (including phenoxy) is 1. The molecule has 0 spiro atoms. The number of nitrogens with one attached hydrogen (secondary N) is 2. The fourth-order valence-corrected chi connectivity index (χ4v) is 1.66. The molecule has 1 aromatic carbocycles. The Morgan fingerprint density at radius 2 is 2.10 bits per heavy atom. The summed E-state index contributed by atoms with van der Waals surface area (Å²) in [5.74, 6) is -1.08. The summed E-state index contributed by atoms with van der Waals surface area (Å²) in [6.45, 7) is 6.46. The number of urea groups is 1. The summed E-state index contributed by atoms with van der Waals surface area (Å²) in [5.41, 5.74) is 1.15. The Kier molecular flexibility index (Phi) is 5.99. The van der Waals surface area contributed by atoms with Crippen LogP contribution in [0.5, 0.6) is 0 Å². The summed E-state index contributed by atoms with van der Waals surface area (Å²) in [6.07, 6.45) is 0. The summed E-state index contributed by atoms with van der Waals surface area (Å²) in [6, 6.07) is 4.22. The number of hydrogen-bond acceptors (Lipinski definition) is 3. The van der Waals surface area contributed by atoms with Gasteiger partial charge in [-0.05, 0) is 32.9 Å². The van der Waals surface area contributed by atoms with Crippen molar-refractivity contribution in [1.29, 1.82) is 0 Å². The van der Waals surface area contributed by atoms with E-state index in [1.807, 2.05) is 13.8 Å². The van der Waals surface area contributed by atoms with E-state index in [2.05, 4.69) is 10.6 Å². The first kappa shape index (κ1) is 16.0. The van der Waals surface area contributed by atoms with Crippen molar-refractivity contribution in [3.8, 4) is 0 Å². The van der Waals surface area contributed by atoms with Crippen LogP contribution in [0.2, 0.25) is 0 Å². The third kappa shape index (κ3) is 4.89. The van der Waals surface area contributed by atoms with Gasteiger partial charge in [-0.2, -0.15) is 0 Å². The van der Waals surface area contributed by atoms with Gasteiger partial charge in [0.15, 0.2) is 0 Å². The van der Waals surface area contributed by atoms with E-state index in [9.17, 15) is 9.59 Å². The highest BCUT2D eigenvalue weighted by atomic mass is 16.5. The molecule has 1 unspecified atom stereocenters. The molecule has 1 atom stereocenters. The largest absolute Gasteiger partial charge is 0.478 e. The Morgan fingerprint density at radius 1 is 1.40 bits per heavy atom. The second kappa shape index (κ2) is 7.49. The molecule has 0 radical (unpaired) electrons. The Hall–Kier alpha value is -2.08. The Balaban J connectivity index is 2.68. The number of aryl methyl sites for hydroxylation is 1. The molecular formula is C14H20N2O4. The van der Waals surface area contributed by atoms with Crippen LogP contribution >= 0.6 is 0 Å². The maximum atomic E-state index is 11.8. The number of carboxylic acids is 1. The number of carbonyl (C=O) groups is 2. The highest BCUT2D eigenvalue weighted by molar-refractivity contribution is 6.00. The van der Waals surface area contributed by atoms with Gasteiger partial charge in [-0.15, -0.1) is 0 Å². The van der Waals surface area contributed by atoms with E-state index >= 15 is 0 Å². The van der Waals surface area contributed by atoms with Crippen LogP contribution in [0, 0.1) is 6.92 Å². The van der Waals surface area contributed by atoms with Crippen LogP contribution in [0.25, 0.3) is 0 Å². The Bertz CT molecular complexity index is 488. The van der Waals surface area contributed by atoms with Crippen molar-refractivity contribution in [3.63, 3.8) is 0 Å². The number of carboxylic acid groups (broad SMARTS) is 1. The molecule has 0 aromatic heterocycles. The van der Waals surface area contributed by atoms with Gasteiger partial charge in [0, 0.05) is 6.61 Å². The van der Waals surface area contributed by atoms with Crippen molar-refractivity contribution in [2.24, 2.45) is 0 Å². The van der Waals surface area contributed by atoms with E-state index < -0.39 is 12.0 Å². The number of anilines is 1. The second-order valence-electron chi connectivity index (χ2n) is 4.51. The Morgan fingerprint density at radius 3 is 2.70 bits per heavy atom. The molecule has 0 aliphatic carbocycles. The summed E-state index contributed by atoms with van der Waals surface area (Å²) in [5, 5.41) is 14.3. The molecule has 2 amide bonds. The van der Waals surface area contributed by atoms with Gasteiger partial charge in [-0.25, -0.2) is 9.59 Å². The SMILES string of the molecule is CCOCC(C)NC(=O)Nc1ccc(C)cc1C(=O)O. The number of carbonyl (C=O) groups excluding carboxylic acids is 1. The molecule has 0 aliphatic rings. The van der Waals surface area contributed by atoms with E-state index in [0.717, 1.165) is 5.56 Å². The second-order valence-corrected chi connectivity index (χ2v) is 4.51. The van der Waals surface area contributed by atoms with E-state index in [1.165, 1.54) is 6.07 Å². The van der Waals surface area contributed by atoms with Crippen LogP contribution in [0.1, 0.15) is 29.8 Å². The fraction of sp³-hybridized carbons (Fsp3) is 0.429. The summed E-state index contributed by atoms with van der Waals surface area (Å²) in [4.78, 5) is 22.9. The lowest BCUT2D eigenvalue weighted by Crippen LogP contribution is -2.39. The van der Waals surface area contributed by atoms with Gasteiger partial charge in [0.1, 0.15) is 0 Å². The molecule has 0 saturated heterocycles. The number of benzene rings is 1. The van der Waals surface area contributed by atoms with Gasteiger partial charge in [0.25, 0.3) is 0 Å². The van der Waals surface area contributed by atoms with E-state index in [4.69, 9.17) is 9.84 Å². The smallest absolute Gasteiger partial charge is 0.337 e. The first-order valence-corrected chi connectivity index (χ1v) is 6.43. The van der Waals surface area contributed by atoms with Crippen LogP contribution in [0.15, 0.2) is 18.2 Å². The molecule has 20 heavy (non-hydrogen) atoms. The molecule has 0 fully saturated rings. The molecule has 0 aliphatic heterocycles. The van der Waals surface area contributed by atoms with E-state index in [-0.39, 0.29) is 17.3 Å². The minimum absolute atomic E-state index is 0.0672. The van der Waals surface area contributed by atoms with Crippen molar-refractivity contribution in [3.05, 3.63) is 29.3 Å². The summed E-state index contributed by atoms with van der Waals surface area (Å²) >= 11 is 0. The van der Waals surface area contributed by atoms with Crippen LogP contribution in [-0.4, -0.2) is 36.4 Å². The van der Waals surface area contributed by atoms with E-state index in [0.29, 0.717) is 13.2 Å². The molecule has 1 rings (SSSR count). The topological polar surface area (TPSA) is 87.7 Å². The third-order valence-corrected chi connectivity index (χ3v) is 2.60. The van der Waals surface area contributed by atoms with Gasteiger partial charge in [-0.1, -0.05) is 11.6 Å². The highest BCUT2D eigenvalue weighted by Crippen LogP contribution is 2.17. The molecule has 1 aromatic rings. The standard InChI is InChI=1S/C14H20N2O4/c1-4-20-8-10(3)15-14(19)16-12-6-5-9(2)7-11(12)13(17)18/h5-7,10H,4,8H2,1-3H3,(H,17,18)(H2,15,16,19). The predicted octanol–water partition coefficient (Wildman–Crippen LogP) is 2.24. The van der Waals surface area contributed by atoms with Gasteiger partial charge in [0.05, 0.1) is 23.9 Å².